The molecule has 2 nitrogen and oxygen atoms in total. The van der Waals surface area contributed by atoms with Gasteiger partial charge in [0, 0.05) is 0 Å². The Kier molecular flexibility index (Phi) is 4.50. The van der Waals surface area contributed by atoms with Crippen LogP contribution in [0, 0.1) is 18.7 Å². The minimum absolute atomic E-state index is 0.227. The quantitative estimate of drug-likeness (QED) is 0.912. The van der Waals surface area contributed by atoms with Gasteiger partial charge in [-0.3, -0.25) is 0 Å². The van der Waals surface area contributed by atoms with Crippen LogP contribution in [0.1, 0.15) is 49.8 Å². The average molecular weight is 279 g/mol. The van der Waals surface area contributed by atoms with Crippen LogP contribution in [-0.4, -0.2) is 29.6 Å². The summed E-state index contributed by atoms with van der Waals surface area (Å²) in [6.45, 7) is 4.14. The monoisotopic (exact) mass is 279 g/mol. The van der Waals surface area contributed by atoms with Crippen molar-refractivity contribution in [3.8, 4) is 0 Å². The third-order valence-electron chi connectivity index (χ3n) is 5.07. The molecule has 0 aromatic heterocycles. The van der Waals surface area contributed by atoms with Gasteiger partial charge in [-0.15, -0.1) is 0 Å². The number of aliphatic hydroxyl groups excluding tert-OH is 1. The topological polar surface area (TPSA) is 23.5 Å². The molecule has 1 aliphatic rings. The zero-order chi connectivity index (χ0) is 14.9. The minimum atomic E-state index is -0.564. The molecular weight excluding hydrogens is 253 g/mol. The molecule has 1 fully saturated rings. The third-order valence-corrected chi connectivity index (χ3v) is 5.07. The molecule has 112 valence electrons. The van der Waals surface area contributed by atoms with Gasteiger partial charge in [-0.05, 0) is 75.9 Å². The van der Waals surface area contributed by atoms with E-state index in [-0.39, 0.29) is 11.4 Å². The summed E-state index contributed by atoms with van der Waals surface area (Å²) >= 11 is 0. The normalized spacial score (nSPS) is 28.6. The van der Waals surface area contributed by atoms with Gasteiger partial charge in [-0.2, -0.15) is 0 Å². The van der Waals surface area contributed by atoms with Gasteiger partial charge in [0.25, 0.3) is 0 Å². The van der Waals surface area contributed by atoms with E-state index in [0.717, 1.165) is 42.7 Å². The lowest BCUT2D eigenvalue weighted by Gasteiger charge is -2.48. The number of aryl methyl sites for hydroxylation is 1. The second kappa shape index (κ2) is 5.82. The van der Waals surface area contributed by atoms with Gasteiger partial charge in [-0.1, -0.05) is 13.0 Å². The standard InChI is InChI=1S/C17H26FNO/c1-12-7-9-17(10-8-12,19(3)4)16(20)15-6-5-14(18)11-13(15)2/h5-6,11-12,16,20H,7-10H2,1-4H3. The van der Waals surface area contributed by atoms with Crippen molar-refractivity contribution >= 4 is 0 Å². The smallest absolute Gasteiger partial charge is 0.123 e. The van der Waals surface area contributed by atoms with Crippen LogP contribution in [0.2, 0.25) is 0 Å². The van der Waals surface area contributed by atoms with Crippen LogP contribution < -0.4 is 0 Å². The van der Waals surface area contributed by atoms with E-state index in [4.69, 9.17) is 0 Å². The van der Waals surface area contributed by atoms with E-state index < -0.39 is 6.10 Å². The van der Waals surface area contributed by atoms with E-state index in [1.165, 1.54) is 12.1 Å². The second-order valence-electron chi connectivity index (χ2n) is 6.58. The first-order chi connectivity index (χ1) is 9.36. The van der Waals surface area contributed by atoms with Gasteiger partial charge < -0.3 is 10.0 Å². The van der Waals surface area contributed by atoms with Gasteiger partial charge in [0.2, 0.25) is 0 Å². The molecule has 1 N–H and O–H groups in total. The number of likely N-dealkylation sites (N-methyl/N-ethyl adjacent to an activating group) is 1. The molecule has 0 bridgehead atoms. The van der Waals surface area contributed by atoms with Gasteiger partial charge in [0.1, 0.15) is 5.82 Å². The van der Waals surface area contributed by atoms with Crippen LogP contribution in [0.3, 0.4) is 0 Å². The van der Waals surface area contributed by atoms with Crippen LogP contribution in [-0.2, 0) is 0 Å². The van der Waals surface area contributed by atoms with Crippen LogP contribution in [0.4, 0.5) is 4.39 Å². The van der Waals surface area contributed by atoms with Gasteiger partial charge in [0.05, 0.1) is 11.6 Å². The maximum atomic E-state index is 13.3. The predicted molar refractivity (Wildman–Crippen MR) is 80.1 cm³/mol. The molecule has 1 aromatic rings. The van der Waals surface area contributed by atoms with E-state index in [2.05, 4.69) is 11.8 Å². The van der Waals surface area contributed by atoms with Crippen molar-refractivity contribution in [2.24, 2.45) is 5.92 Å². The summed E-state index contributed by atoms with van der Waals surface area (Å²) < 4.78 is 13.3. The van der Waals surface area contributed by atoms with E-state index >= 15 is 0 Å². The summed E-state index contributed by atoms with van der Waals surface area (Å²) in [6, 6.07) is 4.69. The highest BCUT2D eigenvalue weighted by Crippen LogP contribution is 2.44. The molecule has 0 aliphatic heterocycles. The zero-order valence-electron chi connectivity index (χ0n) is 13.0. The number of benzene rings is 1. The van der Waals surface area contributed by atoms with Gasteiger partial charge in [0.15, 0.2) is 0 Å². The van der Waals surface area contributed by atoms with Crippen molar-refractivity contribution in [2.75, 3.05) is 14.1 Å². The van der Waals surface area contributed by atoms with E-state index in [9.17, 15) is 9.50 Å². The van der Waals surface area contributed by atoms with Gasteiger partial charge in [-0.25, -0.2) is 4.39 Å². The molecule has 1 saturated carbocycles. The Morgan fingerprint density at radius 3 is 2.40 bits per heavy atom. The van der Waals surface area contributed by atoms with E-state index in [0.29, 0.717) is 0 Å². The molecule has 2 rings (SSSR count). The summed E-state index contributed by atoms with van der Waals surface area (Å²) in [5, 5.41) is 11.0. The van der Waals surface area contributed by atoms with Crippen molar-refractivity contribution in [1.29, 1.82) is 0 Å². The first kappa shape index (κ1) is 15.5. The molecule has 0 radical (unpaired) electrons. The SMILES string of the molecule is Cc1cc(F)ccc1C(O)C1(N(C)C)CCC(C)CC1. The molecule has 3 heteroatoms. The maximum absolute atomic E-state index is 13.3. The lowest BCUT2D eigenvalue weighted by molar-refractivity contribution is -0.0411. The van der Waals surface area contributed by atoms with Crippen LogP contribution in [0.5, 0.6) is 0 Å². The number of nitrogens with zero attached hydrogens (tertiary/aromatic N) is 1. The Bertz CT molecular complexity index is 464. The predicted octanol–water partition coefficient (Wildman–Crippen LogP) is 3.68. The summed E-state index contributed by atoms with van der Waals surface area (Å²) in [6.07, 6.45) is 3.68. The summed E-state index contributed by atoms with van der Waals surface area (Å²) in [5.74, 6) is 0.485. The molecule has 1 atom stereocenters. The first-order valence-electron chi connectivity index (χ1n) is 7.48. The Morgan fingerprint density at radius 2 is 1.90 bits per heavy atom. The summed E-state index contributed by atoms with van der Waals surface area (Å²) in [4.78, 5) is 2.16. The van der Waals surface area contributed by atoms with Crippen molar-refractivity contribution in [1.82, 2.24) is 4.90 Å². The maximum Gasteiger partial charge on any atom is 0.123 e. The molecule has 1 unspecified atom stereocenters. The largest absolute Gasteiger partial charge is 0.386 e. The third kappa shape index (κ3) is 2.75. The summed E-state index contributed by atoms with van der Waals surface area (Å²) in [7, 11) is 4.08. The Labute approximate surface area is 121 Å². The summed E-state index contributed by atoms with van der Waals surface area (Å²) in [5.41, 5.74) is 1.46. The Balaban J connectivity index is 2.34. The lowest BCUT2D eigenvalue weighted by Crippen LogP contribution is -2.51. The second-order valence-corrected chi connectivity index (χ2v) is 6.58. The van der Waals surface area contributed by atoms with Crippen LogP contribution in [0.25, 0.3) is 0 Å². The number of hydrogen-bond acceptors (Lipinski definition) is 2. The molecule has 0 heterocycles. The van der Waals surface area contributed by atoms with Crippen molar-refractivity contribution in [3.63, 3.8) is 0 Å². The molecule has 20 heavy (non-hydrogen) atoms. The number of aliphatic hydroxyl groups is 1. The molecule has 1 aliphatic carbocycles. The van der Waals surface area contributed by atoms with Crippen LogP contribution >= 0.6 is 0 Å². The highest BCUT2D eigenvalue weighted by Gasteiger charge is 2.43. The van der Waals surface area contributed by atoms with E-state index in [1.54, 1.807) is 6.07 Å². The highest BCUT2D eigenvalue weighted by molar-refractivity contribution is 5.31. The highest BCUT2D eigenvalue weighted by atomic mass is 19.1. The van der Waals surface area contributed by atoms with E-state index in [1.807, 2.05) is 21.0 Å². The Hall–Kier alpha value is -0.930. The number of hydrogen-bond donors (Lipinski definition) is 1. The molecule has 0 amide bonds. The van der Waals surface area contributed by atoms with Crippen molar-refractivity contribution in [3.05, 3.63) is 35.1 Å². The molecule has 0 spiro atoms. The number of halogens is 1. The van der Waals surface area contributed by atoms with Crippen molar-refractivity contribution < 1.29 is 9.50 Å². The molecule has 1 aromatic carbocycles. The fraction of sp³-hybridized carbons (Fsp3) is 0.647. The molecular formula is C17H26FNO. The fourth-order valence-electron chi connectivity index (χ4n) is 3.46. The van der Waals surface area contributed by atoms with Crippen LogP contribution in [0.15, 0.2) is 18.2 Å². The fourth-order valence-corrected chi connectivity index (χ4v) is 3.46. The van der Waals surface area contributed by atoms with Gasteiger partial charge >= 0.3 is 0 Å². The lowest BCUT2D eigenvalue weighted by atomic mass is 9.71. The minimum Gasteiger partial charge on any atom is -0.386 e. The number of rotatable bonds is 3. The average Bonchev–Trinajstić information content (AvgIpc) is 2.39. The first-order valence-corrected chi connectivity index (χ1v) is 7.48. The Morgan fingerprint density at radius 1 is 1.30 bits per heavy atom. The van der Waals surface area contributed by atoms with Crippen molar-refractivity contribution in [2.45, 2.75) is 51.2 Å². The molecule has 0 saturated heterocycles. The zero-order valence-corrected chi connectivity index (χ0v) is 13.0.